The summed E-state index contributed by atoms with van der Waals surface area (Å²) in [4.78, 5) is 22.7. The van der Waals surface area contributed by atoms with E-state index in [-0.39, 0.29) is 5.91 Å². The maximum absolute atomic E-state index is 13.5. The molecule has 4 aromatic rings. The Morgan fingerprint density at radius 2 is 1.94 bits per heavy atom. The van der Waals surface area contributed by atoms with E-state index in [1.54, 1.807) is 18.4 Å². The van der Waals surface area contributed by atoms with Gasteiger partial charge in [0.25, 0.3) is 5.91 Å². The summed E-state index contributed by atoms with van der Waals surface area (Å²) in [6.45, 7) is 1.58. The largest absolute Gasteiger partial charge is 0.497 e. The maximum atomic E-state index is 13.5. The van der Waals surface area contributed by atoms with Crippen molar-refractivity contribution < 1.29 is 9.53 Å². The smallest absolute Gasteiger partial charge is 0.256 e. The number of piperidine rings is 1. The Bertz CT molecular complexity index is 1280. The van der Waals surface area contributed by atoms with Crippen LogP contribution in [-0.2, 0) is 0 Å². The van der Waals surface area contributed by atoms with Crippen LogP contribution in [0.3, 0.4) is 0 Å². The second-order valence-corrected chi connectivity index (χ2v) is 9.51. The van der Waals surface area contributed by atoms with Gasteiger partial charge < -0.3 is 18.9 Å². The minimum Gasteiger partial charge on any atom is -0.497 e. The van der Waals surface area contributed by atoms with Gasteiger partial charge in [-0.25, -0.2) is 4.98 Å². The third kappa shape index (κ3) is 4.14. The van der Waals surface area contributed by atoms with Crippen molar-refractivity contribution in [1.29, 1.82) is 0 Å². The van der Waals surface area contributed by atoms with Crippen LogP contribution in [-0.4, -0.2) is 65.4 Å². The molecule has 3 aromatic heterocycles. The molecule has 170 valence electrons. The van der Waals surface area contributed by atoms with Gasteiger partial charge in [0.05, 0.1) is 29.6 Å². The van der Waals surface area contributed by atoms with Crippen molar-refractivity contribution >= 4 is 22.8 Å². The highest BCUT2D eigenvalue weighted by Gasteiger charge is 2.27. The molecule has 1 saturated heterocycles. The lowest BCUT2D eigenvalue weighted by Crippen LogP contribution is -2.44. The first-order valence-electron chi connectivity index (χ1n) is 11.2. The summed E-state index contributed by atoms with van der Waals surface area (Å²) >= 11 is 1.59. The summed E-state index contributed by atoms with van der Waals surface area (Å²) in [6, 6.07) is 16.5. The number of hydrogen-bond acceptors (Lipinski definition) is 5. The SMILES string of the molecule is COc1cccc(-c2nc(-c3cc(C(=O)N4CCC(N(C)C)CC4)c4ccccn34)cs2)c1. The molecule has 4 heterocycles. The first-order chi connectivity index (χ1) is 16.0. The number of carbonyl (C=O) groups excluding carboxylic acids is 1. The fourth-order valence-corrected chi connectivity index (χ4v) is 5.37. The maximum Gasteiger partial charge on any atom is 0.256 e. The van der Waals surface area contributed by atoms with Gasteiger partial charge in [-0.15, -0.1) is 11.3 Å². The lowest BCUT2D eigenvalue weighted by atomic mass is 10.0. The molecule has 1 aliphatic heterocycles. The van der Waals surface area contributed by atoms with Crippen molar-refractivity contribution in [3.05, 3.63) is 65.7 Å². The number of likely N-dealkylation sites (tertiary alicyclic amines) is 1. The van der Waals surface area contributed by atoms with E-state index in [1.807, 2.05) is 59.6 Å². The lowest BCUT2D eigenvalue weighted by molar-refractivity contribution is 0.0665. The molecule has 0 bridgehead atoms. The van der Waals surface area contributed by atoms with Crippen molar-refractivity contribution in [1.82, 2.24) is 19.2 Å². The van der Waals surface area contributed by atoms with Gasteiger partial charge in [0.1, 0.15) is 10.8 Å². The Hall–Kier alpha value is -3.16. The van der Waals surface area contributed by atoms with Crippen LogP contribution in [0.25, 0.3) is 27.5 Å². The summed E-state index contributed by atoms with van der Waals surface area (Å²) in [6.07, 6.45) is 4.02. The van der Waals surface area contributed by atoms with Gasteiger partial charge in [-0.3, -0.25) is 4.79 Å². The van der Waals surface area contributed by atoms with Crippen LogP contribution >= 0.6 is 11.3 Å². The van der Waals surface area contributed by atoms with E-state index in [1.165, 1.54) is 0 Å². The van der Waals surface area contributed by atoms with Crippen LogP contribution in [0.1, 0.15) is 23.2 Å². The number of amides is 1. The summed E-state index contributed by atoms with van der Waals surface area (Å²) in [5.41, 5.74) is 4.48. The molecule has 1 aliphatic rings. The Morgan fingerprint density at radius 1 is 1.12 bits per heavy atom. The number of methoxy groups -OCH3 is 1. The summed E-state index contributed by atoms with van der Waals surface area (Å²) in [5, 5.41) is 2.98. The van der Waals surface area contributed by atoms with Gasteiger partial charge in [0.2, 0.25) is 0 Å². The van der Waals surface area contributed by atoms with E-state index < -0.39 is 0 Å². The predicted molar refractivity (Wildman–Crippen MR) is 133 cm³/mol. The Morgan fingerprint density at radius 3 is 2.70 bits per heavy atom. The van der Waals surface area contributed by atoms with E-state index in [4.69, 9.17) is 9.72 Å². The first-order valence-corrected chi connectivity index (χ1v) is 12.1. The molecule has 6 nitrogen and oxygen atoms in total. The molecular weight excluding hydrogens is 432 g/mol. The minimum atomic E-state index is 0.102. The summed E-state index contributed by atoms with van der Waals surface area (Å²) in [7, 11) is 5.90. The van der Waals surface area contributed by atoms with Crippen LogP contribution in [0, 0.1) is 0 Å². The van der Waals surface area contributed by atoms with E-state index in [0.29, 0.717) is 6.04 Å². The van der Waals surface area contributed by atoms with Crippen LogP contribution < -0.4 is 4.74 Å². The zero-order valence-electron chi connectivity index (χ0n) is 19.2. The molecule has 1 amide bonds. The average molecular weight is 461 g/mol. The lowest BCUT2D eigenvalue weighted by Gasteiger charge is -2.35. The Kier molecular flexibility index (Phi) is 5.91. The molecule has 0 atom stereocenters. The normalized spacial score (nSPS) is 14.8. The quantitative estimate of drug-likeness (QED) is 0.425. The molecule has 0 radical (unpaired) electrons. The molecule has 0 aliphatic carbocycles. The number of rotatable bonds is 5. The van der Waals surface area contributed by atoms with Gasteiger partial charge in [-0.05, 0) is 57.3 Å². The monoisotopic (exact) mass is 460 g/mol. The van der Waals surface area contributed by atoms with Crippen molar-refractivity contribution in [3.8, 4) is 27.7 Å². The Labute approximate surface area is 198 Å². The van der Waals surface area contributed by atoms with Crippen LogP contribution in [0.15, 0.2) is 60.1 Å². The van der Waals surface area contributed by atoms with Crippen molar-refractivity contribution in [2.75, 3.05) is 34.3 Å². The molecule has 0 spiro atoms. The van der Waals surface area contributed by atoms with E-state index in [9.17, 15) is 4.79 Å². The van der Waals surface area contributed by atoms with Crippen LogP contribution in [0.2, 0.25) is 0 Å². The van der Waals surface area contributed by atoms with Gasteiger partial charge in [0, 0.05) is 36.3 Å². The van der Waals surface area contributed by atoms with Crippen LogP contribution in [0.5, 0.6) is 5.75 Å². The van der Waals surface area contributed by atoms with Gasteiger partial charge in [-0.1, -0.05) is 18.2 Å². The van der Waals surface area contributed by atoms with Crippen LogP contribution in [0.4, 0.5) is 0 Å². The van der Waals surface area contributed by atoms with E-state index in [2.05, 4.69) is 28.8 Å². The predicted octanol–water partition coefficient (Wildman–Crippen LogP) is 4.90. The number of fused-ring (bicyclic) bond motifs is 1. The van der Waals surface area contributed by atoms with Crippen molar-refractivity contribution in [2.45, 2.75) is 18.9 Å². The second kappa shape index (κ2) is 9.00. The molecule has 0 unspecified atom stereocenters. The number of aromatic nitrogens is 2. The molecule has 33 heavy (non-hydrogen) atoms. The molecule has 1 aromatic carbocycles. The highest BCUT2D eigenvalue weighted by atomic mass is 32.1. The molecular formula is C26H28N4O2S. The number of benzene rings is 1. The Balaban J connectivity index is 1.47. The van der Waals surface area contributed by atoms with Crippen molar-refractivity contribution in [2.24, 2.45) is 0 Å². The number of hydrogen-bond donors (Lipinski definition) is 0. The highest BCUT2D eigenvalue weighted by Crippen LogP contribution is 2.33. The first kappa shape index (κ1) is 21.7. The molecule has 7 heteroatoms. The topological polar surface area (TPSA) is 50.1 Å². The summed E-state index contributed by atoms with van der Waals surface area (Å²) < 4.78 is 7.43. The molecule has 0 saturated carbocycles. The fraction of sp³-hybridized carbons (Fsp3) is 0.308. The van der Waals surface area contributed by atoms with Gasteiger partial charge in [-0.2, -0.15) is 0 Å². The standard InChI is InChI=1S/C26H28N4O2S/c1-28(2)19-10-13-29(14-11-19)26(31)21-16-24(30-12-5-4-9-23(21)30)22-17-33-25(27-22)18-7-6-8-20(15-18)32-3/h4-9,12,15-17,19H,10-11,13-14H2,1-3H3. The third-order valence-corrected chi connectivity index (χ3v) is 7.36. The van der Waals surface area contributed by atoms with Gasteiger partial charge >= 0.3 is 0 Å². The zero-order chi connectivity index (χ0) is 22.9. The number of ether oxygens (including phenoxy) is 1. The number of thiazole rings is 1. The average Bonchev–Trinajstić information content (AvgIpc) is 3.49. The number of nitrogens with zero attached hydrogens (tertiary/aromatic N) is 4. The molecule has 1 fully saturated rings. The van der Waals surface area contributed by atoms with E-state index in [0.717, 1.165) is 64.7 Å². The fourth-order valence-electron chi connectivity index (χ4n) is 4.56. The summed E-state index contributed by atoms with van der Waals surface area (Å²) in [5.74, 6) is 0.911. The zero-order valence-corrected chi connectivity index (χ0v) is 20.0. The molecule has 5 rings (SSSR count). The third-order valence-electron chi connectivity index (χ3n) is 6.47. The highest BCUT2D eigenvalue weighted by molar-refractivity contribution is 7.13. The van der Waals surface area contributed by atoms with Crippen molar-refractivity contribution in [3.63, 3.8) is 0 Å². The second-order valence-electron chi connectivity index (χ2n) is 8.66. The van der Waals surface area contributed by atoms with E-state index >= 15 is 0 Å². The minimum absolute atomic E-state index is 0.102. The number of pyridine rings is 1. The molecule has 0 N–H and O–H groups in total. The number of carbonyl (C=O) groups is 1. The van der Waals surface area contributed by atoms with Gasteiger partial charge in [0.15, 0.2) is 0 Å².